The molecule has 0 aliphatic carbocycles. The maximum atomic E-state index is 12.3. The number of nitrogens with two attached hydrogens (primary N) is 1. The molecule has 1 aliphatic rings. The highest BCUT2D eigenvalue weighted by Gasteiger charge is 2.27. The van der Waals surface area contributed by atoms with Crippen LogP contribution in [-0.4, -0.2) is 54.5 Å². The average molecular weight is 456 g/mol. The topological polar surface area (TPSA) is 61.6 Å². The summed E-state index contributed by atoms with van der Waals surface area (Å²) in [6, 6.07) is 7.87. The highest BCUT2D eigenvalue weighted by molar-refractivity contribution is 5.86. The van der Waals surface area contributed by atoms with Crippen LogP contribution in [0.1, 0.15) is 38.8 Å². The molecule has 0 unspecified atom stereocenters. The zero-order valence-electron chi connectivity index (χ0n) is 17.4. The Hall–Kier alpha value is -0.560. The first-order valence-corrected chi connectivity index (χ1v) is 9.36. The van der Waals surface area contributed by atoms with Crippen LogP contribution in [-0.2, 0) is 17.9 Å². The van der Waals surface area contributed by atoms with Crippen LogP contribution in [0, 0.1) is 5.41 Å². The molecular formula is C20H37Cl3N4O. The Bertz CT molecular complexity index is 573. The Morgan fingerprint density at radius 2 is 1.54 bits per heavy atom. The molecule has 0 radical (unpaired) electrons. The van der Waals surface area contributed by atoms with E-state index in [2.05, 4.69) is 40.2 Å². The van der Waals surface area contributed by atoms with Crippen molar-refractivity contribution in [3.05, 3.63) is 35.4 Å². The first-order valence-electron chi connectivity index (χ1n) is 9.36. The van der Waals surface area contributed by atoms with Crippen molar-refractivity contribution >= 4 is 43.1 Å². The number of hydrogen-bond acceptors (Lipinski definition) is 4. The lowest BCUT2D eigenvalue weighted by atomic mass is 9.87. The van der Waals surface area contributed by atoms with E-state index < -0.39 is 6.04 Å². The van der Waals surface area contributed by atoms with Crippen LogP contribution in [0.4, 0.5) is 0 Å². The summed E-state index contributed by atoms with van der Waals surface area (Å²) >= 11 is 0. The quantitative estimate of drug-likeness (QED) is 0.692. The van der Waals surface area contributed by atoms with Gasteiger partial charge >= 0.3 is 0 Å². The van der Waals surface area contributed by atoms with Gasteiger partial charge in [-0.2, -0.15) is 0 Å². The average Bonchev–Trinajstić information content (AvgIpc) is 2.60. The number of nitrogens with zero attached hydrogens (tertiary/aromatic N) is 2. The van der Waals surface area contributed by atoms with Gasteiger partial charge in [-0.25, -0.2) is 0 Å². The van der Waals surface area contributed by atoms with Crippen molar-refractivity contribution in [1.29, 1.82) is 0 Å². The standard InChI is InChI=1S/C20H34N4O.3ClH/c1-5-23-10-12-24(13-11-23)15-17-9-7-6-8-16(17)14-22-19(25)18(21)20(2,3)4;;;/h6-9,18H,5,10-15,21H2,1-4H3,(H,22,25);3*1H/t18-;;;/m1.../s1. The third kappa shape index (κ3) is 8.85. The van der Waals surface area contributed by atoms with E-state index >= 15 is 0 Å². The largest absolute Gasteiger partial charge is 0.351 e. The molecule has 1 saturated heterocycles. The van der Waals surface area contributed by atoms with Crippen molar-refractivity contribution in [2.24, 2.45) is 11.1 Å². The van der Waals surface area contributed by atoms with Gasteiger partial charge in [0.1, 0.15) is 0 Å². The lowest BCUT2D eigenvalue weighted by molar-refractivity contribution is -0.124. The third-order valence-electron chi connectivity index (χ3n) is 5.09. The molecule has 1 atom stereocenters. The van der Waals surface area contributed by atoms with Crippen molar-refractivity contribution in [2.75, 3.05) is 32.7 Å². The molecule has 0 bridgehead atoms. The predicted octanol–water partition coefficient (Wildman–Crippen LogP) is 3.08. The van der Waals surface area contributed by atoms with Crippen LogP contribution >= 0.6 is 37.2 Å². The molecule has 1 heterocycles. The molecular weight excluding hydrogens is 419 g/mol. The molecule has 3 N–H and O–H groups in total. The minimum atomic E-state index is -0.498. The van der Waals surface area contributed by atoms with Gasteiger partial charge in [-0.15, -0.1) is 37.2 Å². The first-order chi connectivity index (χ1) is 11.8. The molecule has 0 spiro atoms. The van der Waals surface area contributed by atoms with Crippen LogP contribution < -0.4 is 11.1 Å². The summed E-state index contributed by atoms with van der Waals surface area (Å²) in [5.41, 5.74) is 8.28. The number of piperazine rings is 1. The summed E-state index contributed by atoms with van der Waals surface area (Å²) in [6.45, 7) is 15.3. The van der Waals surface area contributed by atoms with Gasteiger partial charge in [0.25, 0.3) is 0 Å². The maximum Gasteiger partial charge on any atom is 0.237 e. The highest BCUT2D eigenvalue weighted by atomic mass is 35.5. The second kappa shape index (κ2) is 13.6. The van der Waals surface area contributed by atoms with Gasteiger partial charge in [-0.3, -0.25) is 9.69 Å². The van der Waals surface area contributed by atoms with Crippen LogP contribution in [0.2, 0.25) is 0 Å². The zero-order valence-corrected chi connectivity index (χ0v) is 19.9. The molecule has 28 heavy (non-hydrogen) atoms. The minimum absolute atomic E-state index is 0. The fourth-order valence-corrected chi connectivity index (χ4v) is 3.07. The number of nitrogens with one attached hydrogen (secondary N) is 1. The molecule has 5 nitrogen and oxygen atoms in total. The fourth-order valence-electron chi connectivity index (χ4n) is 3.07. The number of carbonyl (C=O) groups is 1. The highest BCUT2D eigenvalue weighted by Crippen LogP contribution is 2.18. The monoisotopic (exact) mass is 454 g/mol. The molecule has 1 aliphatic heterocycles. The van der Waals surface area contributed by atoms with Gasteiger partial charge < -0.3 is 16.0 Å². The zero-order chi connectivity index (χ0) is 18.4. The smallest absolute Gasteiger partial charge is 0.237 e. The lowest BCUT2D eigenvalue weighted by Crippen LogP contribution is -2.48. The number of carbonyl (C=O) groups excluding carboxylic acids is 1. The predicted molar refractivity (Wildman–Crippen MR) is 125 cm³/mol. The first kappa shape index (κ1) is 29.6. The van der Waals surface area contributed by atoms with Gasteiger partial charge in [0.2, 0.25) is 5.91 Å². The van der Waals surface area contributed by atoms with Crippen molar-refractivity contribution in [3.63, 3.8) is 0 Å². The fraction of sp³-hybridized carbons (Fsp3) is 0.650. The molecule has 1 aromatic carbocycles. The van der Waals surface area contributed by atoms with Crippen LogP contribution in [0.3, 0.4) is 0 Å². The second-order valence-electron chi connectivity index (χ2n) is 8.04. The molecule has 1 fully saturated rings. The Labute approximate surface area is 189 Å². The summed E-state index contributed by atoms with van der Waals surface area (Å²) in [4.78, 5) is 17.3. The molecule has 8 heteroatoms. The summed E-state index contributed by atoms with van der Waals surface area (Å²) in [5.74, 6) is -0.0844. The summed E-state index contributed by atoms with van der Waals surface area (Å²) < 4.78 is 0. The Kier molecular flexibility index (Phi) is 14.4. The van der Waals surface area contributed by atoms with Crippen molar-refractivity contribution in [2.45, 2.75) is 46.8 Å². The van der Waals surface area contributed by atoms with Crippen molar-refractivity contribution < 1.29 is 4.79 Å². The van der Waals surface area contributed by atoms with E-state index in [1.807, 2.05) is 26.8 Å². The number of hydrogen-bond donors (Lipinski definition) is 2. The van der Waals surface area contributed by atoms with Crippen LogP contribution in [0.25, 0.3) is 0 Å². The maximum absolute atomic E-state index is 12.3. The van der Waals surface area contributed by atoms with E-state index in [0.717, 1.165) is 39.3 Å². The van der Waals surface area contributed by atoms with Gasteiger partial charge in [0, 0.05) is 39.3 Å². The summed E-state index contributed by atoms with van der Waals surface area (Å²) in [7, 11) is 0. The molecule has 1 aromatic rings. The van der Waals surface area contributed by atoms with Gasteiger partial charge in [-0.1, -0.05) is 52.0 Å². The lowest BCUT2D eigenvalue weighted by Gasteiger charge is -2.34. The number of amides is 1. The molecule has 0 aromatic heterocycles. The Balaban J connectivity index is 0. The third-order valence-corrected chi connectivity index (χ3v) is 5.09. The van der Waals surface area contributed by atoms with Crippen LogP contribution in [0.5, 0.6) is 0 Å². The van der Waals surface area contributed by atoms with E-state index in [0.29, 0.717) is 6.54 Å². The van der Waals surface area contributed by atoms with Gasteiger partial charge in [0.05, 0.1) is 6.04 Å². The molecule has 2 rings (SSSR count). The SMILES string of the molecule is CCN1CCN(Cc2ccccc2CNC(=O)[C@@H](N)C(C)(C)C)CC1.Cl.Cl.Cl. The number of rotatable bonds is 6. The van der Waals surface area contributed by atoms with Crippen LogP contribution in [0.15, 0.2) is 24.3 Å². The normalized spacial score (nSPS) is 16.2. The van der Waals surface area contributed by atoms with Gasteiger partial charge in [-0.05, 0) is 23.1 Å². The number of halogens is 3. The van der Waals surface area contributed by atoms with E-state index in [1.54, 1.807) is 0 Å². The molecule has 0 saturated carbocycles. The second-order valence-corrected chi connectivity index (χ2v) is 8.04. The number of benzene rings is 1. The van der Waals surface area contributed by atoms with E-state index in [4.69, 9.17) is 5.73 Å². The van der Waals surface area contributed by atoms with Gasteiger partial charge in [0.15, 0.2) is 0 Å². The summed E-state index contributed by atoms with van der Waals surface area (Å²) in [6.07, 6.45) is 0. The Morgan fingerprint density at radius 3 is 2.04 bits per heavy atom. The number of likely N-dealkylation sites (N-methyl/N-ethyl adjacent to an activating group) is 1. The Morgan fingerprint density at radius 1 is 1.04 bits per heavy atom. The van der Waals surface area contributed by atoms with E-state index in [9.17, 15) is 4.79 Å². The van der Waals surface area contributed by atoms with Crippen molar-refractivity contribution in [3.8, 4) is 0 Å². The molecule has 164 valence electrons. The summed E-state index contributed by atoms with van der Waals surface area (Å²) in [5, 5.41) is 3.01. The van der Waals surface area contributed by atoms with Crippen molar-refractivity contribution in [1.82, 2.24) is 15.1 Å². The van der Waals surface area contributed by atoms with E-state index in [1.165, 1.54) is 11.1 Å². The van der Waals surface area contributed by atoms with E-state index in [-0.39, 0.29) is 48.5 Å². The molecule has 1 amide bonds. The minimum Gasteiger partial charge on any atom is -0.351 e.